The Hall–Kier alpha value is -3.48. The minimum atomic E-state index is -0.148. The molecular weight excluding hydrogens is 342 g/mol. The van der Waals surface area contributed by atoms with Crippen molar-refractivity contribution in [1.29, 1.82) is 0 Å². The van der Waals surface area contributed by atoms with Crippen LogP contribution in [-0.4, -0.2) is 44.2 Å². The van der Waals surface area contributed by atoms with Gasteiger partial charge in [0.05, 0.1) is 11.1 Å². The maximum absolute atomic E-state index is 13.0. The van der Waals surface area contributed by atoms with Crippen molar-refractivity contribution in [2.45, 2.75) is 12.8 Å². The van der Waals surface area contributed by atoms with E-state index in [1.807, 2.05) is 29.2 Å². The van der Waals surface area contributed by atoms with Gasteiger partial charge in [0.1, 0.15) is 0 Å². The molecule has 0 atom stereocenters. The van der Waals surface area contributed by atoms with Gasteiger partial charge < -0.3 is 9.42 Å². The number of nitrogens with zero attached hydrogens (tertiary/aromatic N) is 4. The van der Waals surface area contributed by atoms with E-state index in [9.17, 15) is 4.79 Å². The summed E-state index contributed by atoms with van der Waals surface area (Å²) in [4.78, 5) is 18.9. The topological polar surface area (TPSA) is 87.9 Å². The summed E-state index contributed by atoms with van der Waals surface area (Å²) in [6.45, 7) is 1.21. The van der Waals surface area contributed by atoms with E-state index in [4.69, 9.17) is 4.52 Å². The molecule has 0 aliphatic carbocycles. The second-order valence-electron chi connectivity index (χ2n) is 6.57. The highest BCUT2D eigenvalue weighted by Gasteiger charge is 2.27. The smallest absolute Gasteiger partial charge is 0.293 e. The van der Waals surface area contributed by atoms with Gasteiger partial charge >= 0.3 is 0 Å². The molecule has 0 bridgehead atoms. The quantitative estimate of drug-likeness (QED) is 0.595. The first kappa shape index (κ1) is 15.7. The van der Waals surface area contributed by atoms with Crippen molar-refractivity contribution in [1.82, 2.24) is 25.2 Å². The van der Waals surface area contributed by atoms with E-state index in [1.54, 1.807) is 12.3 Å². The van der Waals surface area contributed by atoms with Gasteiger partial charge in [-0.2, -0.15) is 5.10 Å². The number of H-pyrrole nitrogens is 1. The van der Waals surface area contributed by atoms with Gasteiger partial charge in [-0.3, -0.25) is 9.89 Å². The van der Waals surface area contributed by atoms with Crippen molar-refractivity contribution in [2.24, 2.45) is 0 Å². The summed E-state index contributed by atoms with van der Waals surface area (Å²) in [6.07, 6.45) is 3.10. The largest absolute Gasteiger partial charge is 0.348 e. The average molecular weight is 359 g/mol. The third-order valence-corrected chi connectivity index (χ3v) is 5.00. The molecule has 0 radical (unpaired) electrons. The standard InChI is InChI=1S/C20H17N5O2/c26-20(18-15-7-4-10-21-19(15)24-27-18)25-11-8-14-16(9-12-25)22-23-17(14)13-5-2-1-3-6-13/h1-7,10H,8-9,11-12H2,(H,22,23). The molecule has 0 unspecified atom stereocenters. The number of fused-ring (bicyclic) bond motifs is 2. The lowest BCUT2D eigenvalue weighted by Crippen LogP contribution is -2.33. The van der Waals surface area contributed by atoms with Crippen molar-refractivity contribution in [2.75, 3.05) is 13.1 Å². The third kappa shape index (κ3) is 2.68. The van der Waals surface area contributed by atoms with Crippen LogP contribution >= 0.6 is 0 Å². The number of rotatable bonds is 2. The first-order chi connectivity index (χ1) is 13.3. The minimum Gasteiger partial charge on any atom is -0.348 e. The molecule has 5 rings (SSSR count). The maximum atomic E-state index is 13.0. The van der Waals surface area contributed by atoms with Gasteiger partial charge in [-0.1, -0.05) is 35.5 Å². The molecule has 1 amide bonds. The SMILES string of the molecule is O=C(c1onc2ncccc12)N1CCc2[nH]nc(-c3ccccc3)c2CC1. The predicted molar refractivity (Wildman–Crippen MR) is 99.1 cm³/mol. The maximum Gasteiger partial charge on any atom is 0.293 e. The van der Waals surface area contributed by atoms with E-state index in [0.717, 1.165) is 29.8 Å². The number of carbonyl (C=O) groups is 1. The second kappa shape index (κ2) is 6.35. The van der Waals surface area contributed by atoms with Crippen LogP contribution in [0.15, 0.2) is 53.2 Å². The first-order valence-electron chi connectivity index (χ1n) is 8.92. The fourth-order valence-electron chi connectivity index (χ4n) is 3.60. The summed E-state index contributed by atoms with van der Waals surface area (Å²) < 4.78 is 5.30. The lowest BCUT2D eigenvalue weighted by Gasteiger charge is -2.18. The molecule has 1 aliphatic rings. The first-order valence-corrected chi connectivity index (χ1v) is 8.92. The molecule has 1 N–H and O–H groups in total. The average Bonchev–Trinajstić information content (AvgIpc) is 3.27. The Morgan fingerprint density at radius 3 is 2.81 bits per heavy atom. The number of amides is 1. The van der Waals surface area contributed by atoms with Crippen LogP contribution in [0.1, 0.15) is 21.8 Å². The van der Waals surface area contributed by atoms with Gasteiger partial charge in [0.15, 0.2) is 0 Å². The van der Waals surface area contributed by atoms with Crippen molar-refractivity contribution >= 4 is 16.9 Å². The van der Waals surface area contributed by atoms with Crippen molar-refractivity contribution in [3.05, 3.63) is 65.7 Å². The number of aromatic nitrogens is 4. The highest BCUT2D eigenvalue weighted by atomic mass is 16.5. The molecule has 0 spiro atoms. The number of aromatic amines is 1. The molecule has 1 aliphatic heterocycles. The molecule has 3 aromatic heterocycles. The van der Waals surface area contributed by atoms with Gasteiger partial charge in [-0.05, 0) is 18.6 Å². The molecule has 0 saturated carbocycles. The van der Waals surface area contributed by atoms with Crippen LogP contribution in [0.4, 0.5) is 0 Å². The summed E-state index contributed by atoms with van der Waals surface area (Å²) >= 11 is 0. The molecule has 134 valence electrons. The van der Waals surface area contributed by atoms with Crippen LogP contribution < -0.4 is 0 Å². The van der Waals surface area contributed by atoms with Crippen LogP contribution in [0, 0.1) is 0 Å². The fourth-order valence-corrected chi connectivity index (χ4v) is 3.60. The Labute approximate surface area is 155 Å². The molecule has 27 heavy (non-hydrogen) atoms. The minimum absolute atomic E-state index is 0.148. The van der Waals surface area contributed by atoms with Crippen molar-refractivity contribution in [3.8, 4) is 11.3 Å². The summed E-state index contributed by atoms with van der Waals surface area (Å²) in [5.41, 5.74) is 4.78. The van der Waals surface area contributed by atoms with E-state index >= 15 is 0 Å². The molecule has 4 aromatic rings. The van der Waals surface area contributed by atoms with E-state index < -0.39 is 0 Å². The zero-order valence-electron chi connectivity index (χ0n) is 14.6. The summed E-state index contributed by atoms with van der Waals surface area (Å²) in [5, 5.41) is 12.2. The van der Waals surface area contributed by atoms with E-state index in [1.165, 1.54) is 5.56 Å². The molecule has 1 aromatic carbocycles. The normalized spacial score (nSPS) is 14.1. The number of carbonyl (C=O) groups excluding carboxylic acids is 1. The van der Waals surface area contributed by atoms with Crippen LogP contribution in [-0.2, 0) is 12.8 Å². The summed E-state index contributed by atoms with van der Waals surface area (Å²) in [7, 11) is 0. The monoisotopic (exact) mass is 359 g/mol. The molecule has 0 saturated heterocycles. The molecule has 0 fully saturated rings. The molecule has 7 heteroatoms. The van der Waals surface area contributed by atoms with Gasteiger partial charge in [-0.15, -0.1) is 0 Å². The highest BCUT2D eigenvalue weighted by molar-refractivity contribution is 6.02. The highest BCUT2D eigenvalue weighted by Crippen LogP contribution is 2.27. The number of nitrogens with one attached hydrogen (secondary N) is 1. The Morgan fingerprint density at radius 2 is 1.93 bits per heavy atom. The fraction of sp³-hybridized carbons (Fsp3) is 0.200. The summed E-state index contributed by atoms with van der Waals surface area (Å²) in [5.74, 6) is 0.106. The van der Waals surface area contributed by atoms with Crippen LogP contribution in [0.25, 0.3) is 22.3 Å². The van der Waals surface area contributed by atoms with Gasteiger partial charge in [0.2, 0.25) is 11.4 Å². The Bertz CT molecular complexity index is 1120. The van der Waals surface area contributed by atoms with E-state index in [0.29, 0.717) is 24.1 Å². The zero-order valence-corrected chi connectivity index (χ0v) is 14.6. The Morgan fingerprint density at radius 1 is 1.07 bits per heavy atom. The van der Waals surface area contributed by atoms with E-state index in [-0.39, 0.29) is 11.7 Å². The predicted octanol–water partition coefficient (Wildman–Crippen LogP) is 2.85. The number of hydrogen-bond acceptors (Lipinski definition) is 5. The number of pyridine rings is 1. The second-order valence-corrected chi connectivity index (χ2v) is 6.57. The van der Waals surface area contributed by atoms with E-state index in [2.05, 4.69) is 32.5 Å². The molecule has 7 nitrogen and oxygen atoms in total. The molecular formula is C20H17N5O2. The van der Waals surface area contributed by atoms with Gasteiger partial charge in [-0.25, -0.2) is 4.98 Å². The summed E-state index contributed by atoms with van der Waals surface area (Å²) in [6, 6.07) is 13.7. The third-order valence-electron chi connectivity index (χ3n) is 5.00. The molecule has 4 heterocycles. The van der Waals surface area contributed by atoms with Gasteiger partial charge in [0, 0.05) is 42.5 Å². The van der Waals surface area contributed by atoms with Crippen molar-refractivity contribution < 1.29 is 9.32 Å². The Balaban J connectivity index is 1.42. The Kier molecular flexibility index (Phi) is 3.71. The van der Waals surface area contributed by atoms with Crippen LogP contribution in [0.2, 0.25) is 0 Å². The van der Waals surface area contributed by atoms with Crippen LogP contribution in [0.3, 0.4) is 0 Å². The number of hydrogen-bond donors (Lipinski definition) is 1. The van der Waals surface area contributed by atoms with Gasteiger partial charge in [0.25, 0.3) is 5.91 Å². The van der Waals surface area contributed by atoms with Crippen molar-refractivity contribution in [3.63, 3.8) is 0 Å². The van der Waals surface area contributed by atoms with Crippen LogP contribution in [0.5, 0.6) is 0 Å². The lowest BCUT2D eigenvalue weighted by molar-refractivity contribution is 0.0723. The number of benzene rings is 1. The lowest BCUT2D eigenvalue weighted by atomic mass is 10.0. The zero-order chi connectivity index (χ0) is 18.2.